The Bertz CT molecular complexity index is 1240. The zero-order valence-electron chi connectivity index (χ0n) is 14.9. The van der Waals surface area contributed by atoms with Gasteiger partial charge in [0, 0.05) is 21.9 Å². The lowest BCUT2D eigenvalue weighted by Crippen LogP contribution is -1.89. The van der Waals surface area contributed by atoms with Crippen LogP contribution in [0.2, 0.25) is 0 Å². The van der Waals surface area contributed by atoms with Crippen molar-refractivity contribution in [2.75, 3.05) is 7.11 Å². The highest BCUT2D eigenvalue weighted by Crippen LogP contribution is 2.36. The lowest BCUT2D eigenvalue weighted by Gasteiger charge is -2.09. The van der Waals surface area contributed by atoms with Gasteiger partial charge in [0.25, 0.3) is 0 Å². The summed E-state index contributed by atoms with van der Waals surface area (Å²) in [6, 6.07) is 29.1. The summed E-state index contributed by atoms with van der Waals surface area (Å²) in [5.41, 5.74) is 6.38. The second-order valence-electron chi connectivity index (χ2n) is 6.54. The number of para-hydroxylation sites is 1. The van der Waals surface area contributed by atoms with Gasteiger partial charge in [0.2, 0.25) is 0 Å². The molecule has 0 unspecified atom stereocenters. The Kier molecular flexibility index (Phi) is 3.65. The molecule has 2 heterocycles. The third-order valence-electron chi connectivity index (χ3n) is 4.94. The largest absolute Gasteiger partial charge is 0.497 e. The van der Waals surface area contributed by atoms with Crippen molar-refractivity contribution in [1.29, 1.82) is 0 Å². The fourth-order valence-corrected chi connectivity index (χ4v) is 3.60. The minimum atomic E-state index is 0.841. The number of nitrogens with one attached hydrogen (secondary N) is 1. The maximum atomic E-state index is 5.28. The van der Waals surface area contributed by atoms with Gasteiger partial charge in [-0.15, -0.1) is 0 Å². The molecule has 0 bridgehead atoms. The van der Waals surface area contributed by atoms with E-state index in [-0.39, 0.29) is 0 Å². The van der Waals surface area contributed by atoms with Crippen molar-refractivity contribution in [3.63, 3.8) is 0 Å². The van der Waals surface area contributed by atoms with Crippen LogP contribution >= 0.6 is 0 Å². The SMILES string of the molecule is COc1ccc(-c2cc(-c3ccccc3)c3c(n2)[nH]c2ccccc23)cc1. The van der Waals surface area contributed by atoms with Crippen molar-refractivity contribution in [2.45, 2.75) is 0 Å². The van der Waals surface area contributed by atoms with E-state index >= 15 is 0 Å². The number of H-pyrrole nitrogens is 1. The van der Waals surface area contributed by atoms with Crippen LogP contribution in [0.5, 0.6) is 5.75 Å². The molecule has 0 saturated carbocycles. The standard InChI is InChI=1S/C24H18N2O/c1-27-18-13-11-17(12-14-18)22-15-20(16-7-3-2-4-8-16)23-19-9-5-6-10-21(19)25-24(23)26-22/h2-15H,1H3,(H,25,26). The molecule has 1 N–H and O–H groups in total. The van der Waals surface area contributed by atoms with Crippen LogP contribution in [0, 0.1) is 0 Å². The van der Waals surface area contributed by atoms with E-state index in [1.165, 1.54) is 16.5 Å². The predicted octanol–water partition coefficient (Wildman–Crippen LogP) is 6.06. The number of rotatable bonds is 3. The minimum Gasteiger partial charge on any atom is -0.497 e. The highest BCUT2D eigenvalue weighted by Gasteiger charge is 2.14. The number of fused-ring (bicyclic) bond motifs is 3. The Morgan fingerprint density at radius 1 is 0.778 bits per heavy atom. The van der Waals surface area contributed by atoms with Crippen molar-refractivity contribution in [2.24, 2.45) is 0 Å². The number of benzene rings is 3. The summed E-state index contributed by atoms with van der Waals surface area (Å²) in [6.45, 7) is 0. The fourth-order valence-electron chi connectivity index (χ4n) is 3.60. The zero-order chi connectivity index (χ0) is 18.2. The molecule has 0 fully saturated rings. The van der Waals surface area contributed by atoms with Crippen molar-refractivity contribution in [3.8, 4) is 28.1 Å². The van der Waals surface area contributed by atoms with Crippen LogP contribution in [0.4, 0.5) is 0 Å². The van der Waals surface area contributed by atoms with Gasteiger partial charge in [-0.25, -0.2) is 4.98 Å². The van der Waals surface area contributed by atoms with Gasteiger partial charge in [0.15, 0.2) is 0 Å². The molecule has 0 spiro atoms. The highest BCUT2D eigenvalue weighted by atomic mass is 16.5. The summed E-state index contributed by atoms with van der Waals surface area (Å²) < 4.78 is 5.28. The van der Waals surface area contributed by atoms with E-state index in [0.29, 0.717) is 0 Å². The van der Waals surface area contributed by atoms with Crippen LogP contribution in [-0.4, -0.2) is 17.1 Å². The number of ether oxygens (including phenoxy) is 1. The topological polar surface area (TPSA) is 37.9 Å². The van der Waals surface area contributed by atoms with Gasteiger partial charge in [-0.05, 0) is 47.5 Å². The second-order valence-corrected chi connectivity index (χ2v) is 6.54. The molecule has 3 nitrogen and oxygen atoms in total. The molecule has 0 aliphatic rings. The van der Waals surface area contributed by atoms with E-state index in [1.807, 2.05) is 36.4 Å². The summed E-state index contributed by atoms with van der Waals surface area (Å²) >= 11 is 0. The molecular weight excluding hydrogens is 332 g/mol. The molecule has 0 aliphatic heterocycles. The van der Waals surface area contributed by atoms with Crippen molar-refractivity contribution in [1.82, 2.24) is 9.97 Å². The van der Waals surface area contributed by atoms with E-state index in [2.05, 4.69) is 53.5 Å². The van der Waals surface area contributed by atoms with Crippen LogP contribution in [0.15, 0.2) is 84.9 Å². The molecule has 0 amide bonds. The number of hydrogen-bond donors (Lipinski definition) is 1. The monoisotopic (exact) mass is 350 g/mol. The van der Waals surface area contributed by atoms with Crippen LogP contribution in [0.25, 0.3) is 44.3 Å². The van der Waals surface area contributed by atoms with Crippen LogP contribution in [0.3, 0.4) is 0 Å². The molecule has 0 saturated heterocycles. The summed E-state index contributed by atoms with van der Waals surface area (Å²) in [6.07, 6.45) is 0. The van der Waals surface area contributed by atoms with Crippen molar-refractivity contribution < 1.29 is 4.74 Å². The molecule has 3 heteroatoms. The highest BCUT2D eigenvalue weighted by molar-refractivity contribution is 6.13. The summed E-state index contributed by atoms with van der Waals surface area (Å²) in [7, 11) is 1.68. The molecule has 3 aromatic carbocycles. The number of pyridine rings is 1. The van der Waals surface area contributed by atoms with Crippen LogP contribution in [-0.2, 0) is 0 Å². The molecular formula is C24H18N2O. The number of aromatic amines is 1. The first-order valence-corrected chi connectivity index (χ1v) is 8.95. The first kappa shape index (κ1) is 15.6. The van der Waals surface area contributed by atoms with Gasteiger partial charge in [0.1, 0.15) is 11.4 Å². The maximum Gasteiger partial charge on any atom is 0.139 e. The molecule has 0 atom stereocenters. The summed E-state index contributed by atoms with van der Waals surface area (Å²) in [4.78, 5) is 8.41. The first-order valence-electron chi connectivity index (χ1n) is 8.95. The molecule has 130 valence electrons. The van der Waals surface area contributed by atoms with Gasteiger partial charge in [-0.3, -0.25) is 0 Å². The van der Waals surface area contributed by atoms with E-state index < -0.39 is 0 Å². The van der Waals surface area contributed by atoms with Crippen molar-refractivity contribution in [3.05, 3.63) is 84.9 Å². The van der Waals surface area contributed by atoms with Gasteiger partial charge in [0.05, 0.1) is 12.8 Å². The van der Waals surface area contributed by atoms with Gasteiger partial charge < -0.3 is 9.72 Å². The lowest BCUT2D eigenvalue weighted by molar-refractivity contribution is 0.415. The molecule has 2 aromatic heterocycles. The van der Waals surface area contributed by atoms with Gasteiger partial charge in [-0.1, -0.05) is 48.5 Å². The average molecular weight is 350 g/mol. The van der Waals surface area contributed by atoms with E-state index in [1.54, 1.807) is 7.11 Å². The van der Waals surface area contributed by atoms with Crippen molar-refractivity contribution >= 4 is 21.9 Å². The van der Waals surface area contributed by atoms with Gasteiger partial charge >= 0.3 is 0 Å². The number of aromatic nitrogens is 2. The summed E-state index contributed by atoms with van der Waals surface area (Å²) in [5.74, 6) is 0.841. The molecule has 27 heavy (non-hydrogen) atoms. The third-order valence-corrected chi connectivity index (χ3v) is 4.94. The Labute approximate surface area is 157 Å². The predicted molar refractivity (Wildman–Crippen MR) is 111 cm³/mol. The van der Waals surface area contributed by atoms with E-state index in [0.717, 1.165) is 33.6 Å². The quantitative estimate of drug-likeness (QED) is 0.429. The van der Waals surface area contributed by atoms with E-state index in [9.17, 15) is 0 Å². The Morgan fingerprint density at radius 3 is 2.30 bits per heavy atom. The first-order chi connectivity index (χ1) is 13.3. The molecule has 5 rings (SSSR count). The average Bonchev–Trinajstić information content (AvgIpc) is 3.12. The summed E-state index contributed by atoms with van der Waals surface area (Å²) in [5, 5.41) is 2.36. The third kappa shape index (κ3) is 2.64. The number of methoxy groups -OCH3 is 1. The minimum absolute atomic E-state index is 0.841. The fraction of sp³-hybridized carbons (Fsp3) is 0.0417. The zero-order valence-corrected chi connectivity index (χ0v) is 14.9. The lowest BCUT2D eigenvalue weighted by atomic mass is 9.98. The number of nitrogens with zero attached hydrogens (tertiary/aromatic N) is 1. The molecule has 0 aliphatic carbocycles. The molecule has 5 aromatic rings. The van der Waals surface area contributed by atoms with Gasteiger partial charge in [-0.2, -0.15) is 0 Å². The Balaban J connectivity index is 1.82. The Morgan fingerprint density at radius 2 is 1.52 bits per heavy atom. The molecule has 0 radical (unpaired) electrons. The Hall–Kier alpha value is -3.59. The number of hydrogen-bond acceptors (Lipinski definition) is 2. The van der Waals surface area contributed by atoms with Crippen LogP contribution < -0.4 is 4.74 Å². The smallest absolute Gasteiger partial charge is 0.139 e. The second kappa shape index (κ2) is 6.29. The van der Waals surface area contributed by atoms with Crippen LogP contribution in [0.1, 0.15) is 0 Å². The normalized spacial score (nSPS) is 11.1. The maximum absolute atomic E-state index is 5.28. The van der Waals surface area contributed by atoms with E-state index in [4.69, 9.17) is 9.72 Å².